The van der Waals surface area contributed by atoms with Gasteiger partial charge >= 0.3 is 0 Å². The lowest BCUT2D eigenvalue weighted by Crippen LogP contribution is -2.45. The molecule has 0 radical (unpaired) electrons. The molecule has 1 aromatic rings. The summed E-state index contributed by atoms with van der Waals surface area (Å²) in [5.74, 6) is 0.00381. The highest BCUT2D eigenvalue weighted by Gasteiger charge is 2.39. The van der Waals surface area contributed by atoms with Gasteiger partial charge in [-0.1, -0.05) is 32.9 Å². The van der Waals surface area contributed by atoms with Crippen LogP contribution in [0.2, 0.25) is 0 Å². The number of nitrogens with zero attached hydrogens (tertiary/aromatic N) is 2. The Morgan fingerprint density at radius 2 is 1.64 bits per heavy atom. The third kappa shape index (κ3) is 4.84. The largest absolute Gasteiger partial charge is 0.355 e. The topological polar surface area (TPSA) is 93.6 Å². The van der Waals surface area contributed by atoms with Gasteiger partial charge < -0.3 is 10.2 Å². The van der Waals surface area contributed by atoms with Crippen molar-refractivity contribution in [3.05, 3.63) is 29.8 Å². The first-order valence-electron chi connectivity index (χ1n) is 9.51. The van der Waals surface area contributed by atoms with Gasteiger partial charge in [-0.3, -0.25) is 10.2 Å². The number of amides is 1. The standard InChI is InChI=1S/C20H32N4O3S/c1-19(2,3)17(25)22-12-11-15-7-9-16(10-8-15)28(26,27)24-14-13-23(18(24)21)20(4,5)6/h7-10,21H,11-14H2,1-6H3,(H,22,25). The van der Waals surface area contributed by atoms with Crippen molar-refractivity contribution in [1.82, 2.24) is 14.5 Å². The minimum atomic E-state index is -3.75. The number of hydrogen-bond acceptors (Lipinski definition) is 4. The first kappa shape index (κ1) is 22.2. The van der Waals surface area contributed by atoms with Crippen LogP contribution < -0.4 is 5.32 Å². The number of benzene rings is 1. The van der Waals surface area contributed by atoms with Crippen LogP contribution in [0.3, 0.4) is 0 Å². The third-order valence-corrected chi connectivity index (χ3v) is 6.52. The van der Waals surface area contributed by atoms with E-state index < -0.39 is 15.4 Å². The van der Waals surface area contributed by atoms with E-state index in [2.05, 4.69) is 5.32 Å². The summed E-state index contributed by atoms with van der Waals surface area (Å²) in [6, 6.07) is 6.67. The average molecular weight is 409 g/mol. The van der Waals surface area contributed by atoms with E-state index in [1.807, 2.05) is 41.5 Å². The third-order valence-electron chi connectivity index (χ3n) is 4.72. The van der Waals surface area contributed by atoms with Crippen LogP contribution in [0.4, 0.5) is 0 Å². The molecule has 1 aliphatic rings. The summed E-state index contributed by atoms with van der Waals surface area (Å²) < 4.78 is 27.1. The highest BCUT2D eigenvalue weighted by molar-refractivity contribution is 7.89. The van der Waals surface area contributed by atoms with Gasteiger partial charge in [0, 0.05) is 24.0 Å². The van der Waals surface area contributed by atoms with Gasteiger partial charge in [-0.15, -0.1) is 0 Å². The molecule has 0 bridgehead atoms. The van der Waals surface area contributed by atoms with Gasteiger partial charge in [0.2, 0.25) is 11.9 Å². The number of guanidine groups is 1. The van der Waals surface area contributed by atoms with Crippen LogP contribution in [-0.4, -0.2) is 54.7 Å². The fraction of sp³-hybridized carbons (Fsp3) is 0.600. The smallest absolute Gasteiger partial charge is 0.266 e. The van der Waals surface area contributed by atoms with E-state index in [1.54, 1.807) is 29.2 Å². The summed E-state index contributed by atoms with van der Waals surface area (Å²) in [4.78, 5) is 13.9. The zero-order chi connectivity index (χ0) is 21.3. The first-order valence-corrected chi connectivity index (χ1v) is 10.9. The molecule has 2 N–H and O–H groups in total. The van der Waals surface area contributed by atoms with Crippen LogP contribution in [0.25, 0.3) is 0 Å². The first-order chi connectivity index (χ1) is 12.7. The van der Waals surface area contributed by atoms with Crippen LogP contribution in [0, 0.1) is 10.8 Å². The highest BCUT2D eigenvalue weighted by Crippen LogP contribution is 2.25. The molecule has 1 saturated heterocycles. The zero-order valence-electron chi connectivity index (χ0n) is 17.7. The number of carbonyl (C=O) groups is 1. The summed E-state index contributed by atoms with van der Waals surface area (Å²) in [5.41, 5.74) is 0.211. The van der Waals surface area contributed by atoms with Crippen molar-refractivity contribution in [3.8, 4) is 0 Å². The van der Waals surface area contributed by atoms with Crippen molar-refractivity contribution in [3.63, 3.8) is 0 Å². The Morgan fingerprint density at radius 3 is 2.11 bits per heavy atom. The van der Waals surface area contributed by atoms with E-state index in [-0.39, 0.29) is 28.8 Å². The van der Waals surface area contributed by atoms with Crippen LogP contribution in [0.15, 0.2) is 29.2 Å². The summed E-state index contributed by atoms with van der Waals surface area (Å²) in [6.45, 7) is 12.8. The SMILES string of the molecule is CC(C)(C)C(=O)NCCc1ccc(S(=O)(=O)N2CCN(C(C)(C)C)C2=N)cc1. The molecule has 0 aliphatic carbocycles. The molecule has 156 valence electrons. The lowest BCUT2D eigenvalue weighted by Gasteiger charge is -2.33. The van der Waals surface area contributed by atoms with Crippen molar-refractivity contribution in [2.45, 2.75) is 58.4 Å². The van der Waals surface area contributed by atoms with Crippen molar-refractivity contribution in [2.24, 2.45) is 5.41 Å². The van der Waals surface area contributed by atoms with Gasteiger partial charge in [0.15, 0.2) is 0 Å². The van der Waals surface area contributed by atoms with Gasteiger partial charge in [-0.25, -0.2) is 12.7 Å². The second-order valence-electron chi connectivity index (χ2n) is 9.12. The molecule has 1 aliphatic heterocycles. The maximum atomic E-state index is 12.9. The predicted molar refractivity (Wildman–Crippen MR) is 111 cm³/mol. The minimum absolute atomic E-state index is 0.0114. The van der Waals surface area contributed by atoms with E-state index >= 15 is 0 Å². The molecule has 28 heavy (non-hydrogen) atoms. The molecule has 1 fully saturated rings. The fourth-order valence-electron chi connectivity index (χ4n) is 2.97. The molecular weight excluding hydrogens is 376 g/mol. The van der Waals surface area contributed by atoms with Crippen molar-refractivity contribution in [1.29, 1.82) is 5.41 Å². The maximum absolute atomic E-state index is 12.9. The monoisotopic (exact) mass is 408 g/mol. The van der Waals surface area contributed by atoms with Crippen molar-refractivity contribution >= 4 is 21.9 Å². The summed E-state index contributed by atoms with van der Waals surface area (Å²) in [7, 11) is -3.75. The van der Waals surface area contributed by atoms with Crippen molar-refractivity contribution in [2.75, 3.05) is 19.6 Å². The fourth-order valence-corrected chi connectivity index (χ4v) is 4.35. The normalized spacial score (nSPS) is 15.9. The number of nitrogens with one attached hydrogen (secondary N) is 2. The molecule has 8 heteroatoms. The number of carbonyl (C=O) groups excluding carboxylic acids is 1. The molecule has 1 amide bonds. The Labute approximate surface area is 168 Å². The lowest BCUT2D eigenvalue weighted by atomic mass is 9.95. The Bertz CT molecular complexity index is 834. The Morgan fingerprint density at radius 1 is 1.07 bits per heavy atom. The second-order valence-corrected chi connectivity index (χ2v) is 11.0. The van der Waals surface area contributed by atoms with Gasteiger partial charge in [0.25, 0.3) is 10.0 Å². The van der Waals surface area contributed by atoms with Gasteiger partial charge in [-0.05, 0) is 44.9 Å². The van der Waals surface area contributed by atoms with Crippen LogP contribution in [-0.2, 0) is 21.2 Å². The second kappa shape index (κ2) is 7.73. The predicted octanol–water partition coefficient (Wildman–Crippen LogP) is 2.43. The number of hydrogen-bond donors (Lipinski definition) is 2. The Kier molecular flexibility index (Phi) is 6.13. The summed E-state index contributed by atoms with van der Waals surface area (Å²) in [5, 5.41) is 11.2. The van der Waals surface area contributed by atoms with Gasteiger partial charge in [-0.2, -0.15) is 0 Å². The zero-order valence-corrected chi connectivity index (χ0v) is 18.5. The van der Waals surface area contributed by atoms with E-state index in [1.165, 1.54) is 0 Å². The molecule has 0 unspecified atom stereocenters. The quantitative estimate of drug-likeness (QED) is 0.782. The Hall–Kier alpha value is -2.09. The van der Waals surface area contributed by atoms with E-state index in [0.717, 1.165) is 9.87 Å². The Balaban J connectivity index is 2.04. The van der Waals surface area contributed by atoms with Gasteiger partial charge in [0.05, 0.1) is 11.4 Å². The molecule has 0 saturated carbocycles. The van der Waals surface area contributed by atoms with Crippen LogP contribution in [0.5, 0.6) is 0 Å². The molecule has 7 nitrogen and oxygen atoms in total. The lowest BCUT2D eigenvalue weighted by molar-refractivity contribution is -0.128. The van der Waals surface area contributed by atoms with Gasteiger partial charge in [0.1, 0.15) is 0 Å². The minimum Gasteiger partial charge on any atom is -0.355 e. The molecule has 0 atom stereocenters. The number of sulfonamides is 1. The summed E-state index contributed by atoms with van der Waals surface area (Å²) in [6.07, 6.45) is 0.624. The van der Waals surface area contributed by atoms with Crippen LogP contribution >= 0.6 is 0 Å². The van der Waals surface area contributed by atoms with E-state index in [0.29, 0.717) is 19.5 Å². The molecular formula is C20H32N4O3S. The average Bonchev–Trinajstić information content (AvgIpc) is 2.97. The molecule has 2 rings (SSSR count). The molecule has 0 aromatic heterocycles. The van der Waals surface area contributed by atoms with Crippen LogP contribution in [0.1, 0.15) is 47.1 Å². The summed E-state index contributed by atoms with van der Waals surface area (Å²) >= 11 is 0. The maximum Gasteiger partial charge on any atom is 0.266 e. The highest BCUT2D eigenvalue weighted by atomic mass is 32.2. The van der Waals surface area contributed by atoms with Crippen molar-refractivity contribution < 1.29 is 13.2 Å². The molecule has 1 aromatic carbocycles. The molecule has 1 heterocycles. The number of rotatable bonds is 5. The van der Waals surface area contributed by atoms with E-state index in [4.69, 9.17) is 5.41 Å². The van der Waals surface area contributed by atoms with E-state index in [9.17, 15) is 13.2 Å². The molecule has 0 spiro atoms.